The zero-order valence-corrected chi connectivity index (χ0v) is 16.0. The number of hydrogen-bond acceptors (Lipinski definition) is 5. The van der Waals surface area contributed by atoms with Gasteiger partial charge < -0.3 is 9.42 Å². The summed E-state index contributed by atoms with van der Waals surface area (Å²) in [5.74, 6) is 1.63. The second-order valence-corrected chi connectivity index (χ2v) is 7.33. The topological polar surface area (TPSA) is 97.0 Å². The molecule has 8 heteroatoms. The zero-order valence-electron chi connectivity index (χ0n) is 16.0. The number of nitrogens with one attached hydrogen (secondary N) is 1. The Labute approximate surface area is 162 Å². The lowest BCUT2D eigenvalue weighted by atomic mass is 9.93. The quantitative estimate of drug-likeness (QED) is 0.748. The molecule has 3 aromatic rings. The smallest absolute Gasteiger partial charge is 0.347 e. The van der Waals surface area contributed by atoms with Crippen molar-refractivity contribution in [1.82, 2.24) is 24.8 Å². The summed E-state index contributed by atoms with van der Waals surface area (Å²) in [6, 6.07) is 9.44. The van der Waals surface area contributed by atoms with Gasteiger partial charge in [0.1, 0.15) is 11.6 Å². The van der Waals surface area contributed by atoms with Gasteiger partial charge in [-0.3, -0.25) is 4.79 Å². The van der Waals surface area contributed by atoms with Gasteiger partial charge >= 0.3 is 5.69 Å². The fourth-order valence-electron chi connectivity index (χ4n) is 3.76. The molecule has 1 fully saturated rings. The van der Waals surface area contributed by atoms with Crippen molar-refractivity contribution in [3.63, 3.8) is 0 Å². The molecule has 0 saturated carbocycles. The third kappa shape index (κ3) is 3.49. The maximum absolute atomic E-state index is 12.5. The van der Waals surface area contributed by atoms with Crippen molar-refractivity contribution in [3.8, 4) is 5.69 Å². The van der Waals surface area contributed by atoms with Crippen LogP contribution in [0.4, 0.5) is 0 Å². The molecule has 0 atom stereocenters. The summed E-state index contributed by atoms with van der Waals surface area (Å²) < 4.78 is 6.66. The number of carbonyl (C=O) groups excluding carboxylic acids is 1. The molecule has 0 aliphatic carbocycles. The number of aromatic amines is 1. The Hall–Kier alpha value is -3.16. The molecule has 0 radical (unpaired) electrons. The van der Waals surface area contributed by atoms with E-state index in [4.69, 9.17) is 4.52 Å². The summed E-state index contributed by atoms with van der Waals surface area (Å²) in [6.45, 7) is 5.07. The Morgan fingerprint density at radius 1 is 1.25 bits per heavy atom. The molecule has 2 aromatic heterocycles. The highest BCUT2D eigenvalue weighted by molar-refractivity contribution is 5.92. The summed E-state index contributed by atoms with van der Waals surface area (Å²) in [5.41, 5.74) is 2.01. The van der Waals surface area contributed by atoms with Crippen molar-refractivity contribution in [1.29, 1.82) is 0 Å². The highest BCUT2D eigenvalue weighted by atomic mass is 16.5. The lowest BCUT2D eigenvalue weighted by molar-refractivity contribution is 0.0679. The van der Waals surface area contributed by atoms with Gasteiger partial charge in [-0.05, 0) is 44.2 Å². The van der Waals surface area contributed by atoms with Gasteiger partial charge in [0, 0.05) is 25.6 Å². The molecule has 1 aromatic carbocycles. The minimum absolute atomic E-state index is 0.0908. The van der Waals surface area contributed by atoms with Crippen LogP contribution in [-0.2, 0) is 6.42 Å². The van der Waals surface area contributed by atoms with Crippen molar-refractivity contribution >= 4 is 5.91 Å². The average Bonchev–Trinajstić information content (AvgIpc) is 3.28. The lowest BCUT2D eigenvalue weighted by Gasteiger charge is -2.31. The minimum atomic E-state index is -0.224. The van der Waals surface area contributed by atoms with Gasteiger partial charge in [-0.15, -0.1) is 0 Å². The van der Waals surface area contributed by atoms with Crippen LogP contribution in [0.2, 0.25) is 0 Å². The van der Waals surface area contributed by atoms with E-state index in [9.17, 15) is 9.59 Å². The molecule has 0 spiro atoms. The Morgan fingerprint density at radius 3 is 2.68 bits per heavy atom. The number of piperidine rings is 1. The molecule has 146 valence electrons. The van der Waals surface area contributed by atoms with E-state index >= 15 is 0 Å². The van der Waals surface area contributed by atoms with Gasteiger partial charge in [0.05, 0.1) is 5.69 Å². The first-order chi connectivity index (χ1) is 13.5. The number of carbonyl (C=O) groups is 1. The first-order valence-electron chi connectivity index (χ1n) is 9.48. The minimum Gasteiger partial charge on any atom is -0.361 e. The molecule has 0 bridgehead atoms. The fourth-order valence-corrected chi connectivity index (χ4v) is 3.76. The second-order valence-electron chi connectivity index (χ2n) is 7.33. The van der Waals surface area contributed by atoms with E-state index < -0.39 is 0 Å². The van der Waals surface area contributed by atoms with Crippen LogP contribution in [0.25, 0.3) is 5.69 Å². The maximum atomic E-state index is 12.5. The number of benzene rings is 1. The number of nitrogens with zero attached hydrogens (tertiary/aromatic N) is 4. The van der Waals surface area contributed by atoms with Gasteiger partial charge in [-0.25, -0.2) is 14.5 Å². The van der Waals surface area contributed by atoms with Gasteiger partial charge in [0.15, 0.2) is 5.69 Å². The second kappa shape index (κ2) is 7.46. The van der Waals surface area contributed by atoms with E-state index in [0.29, 0.717) is 36.9 Å². The van der Waals surface area contributed by atoms with Crippen molar-refractivity contribution in [3.05, 3.63) is 63.7 Å². The first-order valence-corrected chi connectivity index (χ1v) is 9.48. The van der Waals surface area contributed by atoms with E-state index in [-0.39, 0.29) is 11.6 Å². The molecule has 1 aliphatic heterocycles. The molecule has 1 amide bonds. The third-order valence-corrected chi connectivity index (χ3v) is 5.32. The number of rotatable bonds is 4. The number of aryl methyl sites for hydroxylation is 2. The molecule has 4 rings (SSSR count). The normalized spacial score (nSPS) is 15.1. The van der Waals surface area contributed by atoms with Gasteiger partial charge in [-0.2, -0.15) is 5.10 Å². The maximum Gasteiger partial charge on any atom is 0.347 e. The monoisotopic (exact) mass is 381 g/mol. The molecule has 1 saturated heterocycles. The summed E-state index contributed by atoms with van der Waals surface area (Å²) in [5, 5.41) is 10.6. The number of likely N-dealkylation sites (tertiary alicyclic amines) is 1. The SMILES string of the molecule is Cc1cc(C(=O)N2CCC(Cc3n[nH]c(=O)n3-c3ccccc3C)CC2)no1. The third-order valence-electron chi connectivity index (χ3n) is 5.32. The van der Waals surface area contributed by atoms with Crippen LogP contribution in [0.5, 0.6) is 0 Å². The Kier molecular flexibility index (Phi) is 4.85. The molecule has 1 N–H and O–H groups in total. The van der Waals surface area contributed by atoms with E-state index in [0.717, 1.165) is 29.9 Å². The fraction of sp³-hybridized carbons (Fsp3) is 0.400. The van der Waals surface area contributed by atoms with E-state index in [1.165, 1.54) is 0 Å². The number of aromatic nitrogens is 4. The van der Waals surface area contributed by atoms with E-state index in [1.54, 1.807) is 17.6 Å². The number of amides is 1. The standard InChI is InChI=1S/C20H23N5O3/c1-13-5-3-4-6-17(13)25-18(21-22-20(25)27)12-15-7-9-24(10-8-15)19(26)16-11-14(2)28-23-16/h3-6,11,15H,7-10,12H2,1-2H3,(H,22,27). The van der Waals surface area contributed by atoms with E-state index in [2.05, 4.69) is 15.4 Å². The highest BCUT2D eigenvalue weighted by Crippen LogP contribution is 2.23. The van der Waals surface area contributed by atoms with Gasteiger partial charge in [-0.1, -0.05) is 23.4 Å². The average molecular weight is 381 g/mol. The lowest BCUT2D eigenvalue weighted by Crippen LogP contribution is -2.39. The first kappa shape index (κ1) is 18.2. The summed E-state index contributed by atoms with van der Waals surface area (Å²) in [7, 11) is 0. The van der Waals surface area contributed by atoms with Crippen molar-refractivity contribution < 1.29 is 9.32 Å². The molecule has 28 heavy (non-hydrogen) atoms. The van der Waals surface area contributed by atoms with Crippen LogP contribution in [0.15, 0.2) is 39.6 Å². The Morgan fingerprint density at radius 2 is 2.00 bits per heavy atom. The van der Waals surface area contributed by atoms with E-state index in [1.807, 2.05) is 36.1 Å². The Balaban J connectivity index is 1.44. The molecule has 8 nitrogen and oxygen atoms in total. The van der Waals surface area contributed by atoms with Gasteiger partial charge in [0.2, 0.25) is 0 Å². The largest absolute Gasteiger partial charge is 0.361 e. The molecular formula is C20H23N5O3. The molecule has 1 aliphatic rings. The van der Waals surface area contributed by atoms with Crippen LogP contribution < -0.4 is 5.69 Å². The van der Waals surface area contributed by atoms with Crippen molar-refractivity contribution in [2.45, 2.75) is 33.1 Å². The predicted molar refractivity (Wildman–Crippen MR) is 102 cm³/mol. The summed E-state index contributed by atoms with van der Waals surface area (Å²) in [4.78, 5) is 26.6. The molecule has 0 unspecified atom stereocenters. The number of hydrogen-bond donors (Lipinski definition) is 1. The van der Waals surface area contributed by atoms with Crippen LogP contribution in [-0.4, -0.2) is 43.8 Å². The van der Waals surface area contributed by atoms with Crippen LogP contribution in [0.3, 0.4) is 0 Å². The van der Waals surface area contributed by atoms with Crippen LogP contribution >= 0.6 is 0 Å². The number of H-pyrrole nitrogens is 1. The van der Waals surface area contributed by atoms with Crippen LogP contribution in [0, 0.1) is 19.8 Å². The summed E-state index contributed by atoms with van der Waals surface area (Å²) in [6.07, 6.45) is 2.41. The van der Waals surface area contributed by atoms with Gasteiger partial charge in [0.25, 0.3) is 5.91 Å². The highest BCUT2D eigenvalue weighted by Gasteiger charge is 2.27. The number of para-hydroxylation sites is 1. The molecular weight excluding hydrogens is 358 g/mol. The van der Waals surface area contributed by atoms with Crippen LogP contribution in [0.1, 0.15) is 40.5 Å². The molecule has 3 heterocycles. The predicted octanol–water partition coefficient (Wildman–Crippen LogP) is 2.26. The zero-order chi connectivity index (χ0) is 19.7. The van der Waals surface area contributed by atoms with Crippen molar-refractivity contribution in [2.75, 3.05) is 13.1 Å². The summed E-state index contributed by atoms with van der Waals surface area (Å²) >= 11 is 0. The van der Waals surface area contributed by atoms with Crippen molar-refractivity contribution in [2.24, 2.45) is 5.92 Å². The Bertz CT molecular complexity index is 1040.